The predicted octanol–water partition coefficient (Wildman–Crippen LogP) is 5.25. The molecule has 0 bridgehead atoms. The van der Waals surface area contributed by atoms with E-state index in [0.717, 1.165) is 17.0 Å². The summed E-state index contributed by atoms with van der Waals surface area (Å²) in [5.41, 5.74) is 2.91. The Balaban J connectivity index is 0. The van der Waals surface area contributed by atoms with Crippen molar-refractivity contribution in [3.63, 3.8) is 0 Å². The number of hydrogen-bond donors (Lipinski definition) is 0. The summed E-state index contributed by atoms with van der Waals surface area (Å²) in [6, 6.07) is 0. The minimum absolute atomic E-state index is 0.906. The van der Waals surface area contributed by atoms with Crippen LogP contribution in [0.2, 0.25) is 0 Å². The summed E-state index contributed by atoms with van der Waals surface area (Å²) < 4.78 is 0. The van der Waals surface area contributed by atoms with Crippen molar-refractivity contribution in [2.75, 3.05) is 0 Å². The molecule has 0 aromatic rings. The first-order chi connectivity index (χ1) is 8.19. The monoisotopic (exact) mass is 231 g/mol. The first-order valence-electron chi connectivity index (χ1n) is 5.99. The molecule has 0 spiro atoms. The number of nitrogens with zero attached hydrogens (tertiary/aromatic N) is 1. The second-order valence-electron chi connectivity index (χ2n) is 2.97. The molecule has 0 aliphatic heterocycles. The van der Waals surface area contributed by atoms with Crippen molar-refractivity contribution < 1.29 is 0 Å². The number of rotatable bonds is 5. The van der Waals surface area contributed by atoms with Crippen LogP contribution in [0, 0.1) is 0 Å². The Morgan fingerprint density at radius 1 is 1.06 bits per heavy atom. The summed E-state index contributed by atoms with van der Waals surface area (Å²) in [5.74, 6) is 0. The van der Waals surface area contributed by atoms with Crippen LogP contribution in [-0.4, -0.2) is 5.71 Å². The molecule has 0 radical (unpaired) electrons. The SMILES string of the molecule is C=CC=CC(=NC(/C)=C\C)/C(C=C)=C\C.CC. The fourth-order valence-electron chi connectivity index (χ4n) is 0.982. The van der Waals surface area contributed by atoms with Crippen LogP contribution in [0.25, 0.3) is 0 Å². The Morgan fingerprint density at radius 2 is 1.65 bits per heavy atom. The van der Waals surface area contributed by atoms with E-state index < -0.39 is 0 Å². The Labute approximate surface area is 107 Å². The van der Waals surface area contributed by atoms with Crippen molar-refractivity contribution in [2.45, 2.75) is 34.6 Å². The highest BCUT2D eigenvalue weighted by Crippen LogP contribution is 2.06. The van der Waals surface area contributed by atoms with Crippen LogP contribution in [0.15, 0.2) is 65.9 Å². The summed E-state index contributed by atoms with van der Waals surface area (Å²) in [6.45, 7) is 17.3. The van der Waals surface area contributed by atoms with Gasteiger partial charge in [0.15, 0.2) is 0 Å². The van der Waals surface area contributed by atoms with Crippen LogP contribution in [-0.2, 0) is 0 Å². The van der Waals surface area contributed by atoms with Gasteiger partial charge in [-0.15, -0.1) is 0 Å². The Kier molecular flexibility index (Phi) is 13.0. The van der Waals surface area contributed by atoms with Crippen molar-refractivity contribution in [3.05, 3.63) is 60.9 Å². The van der Waals surface area contributed by atoms with Crippen LogP contribution in [0.1, 0.15) is 34.6 Å². The molecule has 0 fully saturated rings. The van der Waals surface area contributed by atoms with E-state index in [0.29, 0.717) is 0 Å². The third-order valence-electron chi connectivity index (χ3n) is 1.93. The molecule has 1 heteroatoms. The maximum Gasteiger partial charge on any atom is 0.0701 e. The van der Waals surface area contributed by atoms with Gasteiger partial charge < -0.3 is 0 Å². The van der Waals surface area contributed by atoms with E-state index in [1.165, 1.54) is 0 Å². The average molecular weight is 231 g/mol. The van der Waals surface area contributed by atoms with Crippen molar-refractivity contribution >= 4 is 5.71 Å². The molecule has 0 aliphatic carbocycles. The summed E-state index contributed by atoms with van der Waals surface area (Å²) in [7, 11) is 0. The van der Waals surface area contributed by atoms with Gasteiger partial charge in [0.1, 0.15) is 0 Å². The van der Waals surface area contributed by atoms with Crippen molar-refractivity contribution in [1.29, 1.82) is 0 Å². The molecular formula is C16H25N. The van der Waals surface area contributed by atoms with Crippen molar-refractivity contribution in [3.8, 4) is 0 Å². The van der Waals surface area contributed by atoms with E-state index >= 15 is 0 Å². The summed E-state index contributed by atoms with van der Waals surface area (Å²) in [6.07, 6.45) is 11.3. The van der Waals surface area contributed by atoms with Gasteiger partial charge in [-0.05, 0) is 32.4 Å². The normalized spacial score (nSPS) is 13.1. The van der Waals surface area contributed by atoms with E-state index in [2.05, 4.69) is 18.2 Å². The second-order valence-corrected chi connectivity index (χ2v) is 2.97. The molecule has 17 heavy (non-hydrogen) atoms. The quantitative estimate of drug-likeness (QED) is 0.452. The van der Waals surface area contributed by atoms with E-state index in [1.807, 2.05) is 58.9 Å². The van der Waals surface area contributed by atoms with Crippen molar-refractivity contribution in [1.82, 2.24) is 0 Å². The molecule has 0 amide bonds. The van der Waals surface area contributed by atoms with Gasteiger partial charge >= 0.3 is 0 Å². The molecule has 0 rings (SSSR count). The fraction of sp³-hybridized carbons (Fsp3) is 0.312. The highest BCUT2D eigenvalue weighted by Gasteiger charge is 1.97. The number of aliphatic imine (C=N–C) groups is 1. The second kappa shape index (κ2) is 12.4. The molecule has 0 aromatic carbocycles. The standard InChI is InChI=1S/C14H19N.C2H6/c1-6-10-11-14(13(8-3)9-4)15-12(5)7-2;1-2/h6-11H,1,3H2,2,4-5H3;1-2H3/b11-10?,12-7-,13-9-,15-14?;. The van der Waals surface area contributed by atoms with Gasteiger partial charge in [-0.1, -0.05) is 57.4 Å². The highest BCUT2D eigenvalue weighted by molar-refractivity contribution is 6.10. The predicted molar refractivity (Wildman–Crippen MR) is 81.5 cm³/mol. The molecular weight excluding hydrogens is 206 g/mol. The lowest BCUT2D eigenvalue weighted by Gasteiger charge is -2.02. The van der Waals surface area contributed by atoms with Gasteiger partial charge in [-0.25, -0.2) is 0 Å². The molecule has 0 saturated carbocycles. The summed E-state index contributed by atoms with van der Waals surface area (Å²) in [4.78, 5) is 4.48. The first kappa shape index (κ1) is 17.8. The summed E-state index contributed by atoms with van der Waals surface area (Å²) >= 11 is 0. The van der Waals surface area contributed by atoms with Gasteiger partial charge in [-0.3, -0.25) is 4.99 Å². The maximum absolute atomic E-state index is 4.48. The minimum Gasteiger partial charge on any atom is -0.254 e. The average Bonchev–Trinajstić information content (AvgIpc) is 2.39. The zero-order chi connectivity index (χ0) is 13.7. The first-order valence-corrected chi connectivity index (χ1v) is 5.99. The van der Waals surface area contributed by atoms with E-state index in [4.69, 9.17) is 0 Å². The minimum atomic E-state index is 0.906. The van der Waals surface area contributed by atoms with E-state index in [9.17, 15) is 0 Å². The smallest absolute Gasteiger partial charge is 0.0701 e. The zero-order valence-electron chi connectivity index (χ0n) is 11.8. The topological polar surface area (TPSA) is 12.4 Å². The Morgan fingerprint density at radius 3 is 2.00 bits per heavy atom. The molecule has 0 unspecified atom stereocenters. The maximum atomic E-state index is 4.48. The zero-order valence-corrected chi connectivity index (χ0v) is 11.8. The Bertz CT molecular complexity index is 339. The number of hydrogen-bond acceptors (Lipinski definition) is 1. The lowest BCUT2D eigenvalue weighted by molar-refractivity contribution is 1.28. The molecule has 1 nitrogen and oxygen atoms in total. The van der Waals surface area contributed by atoms with Gasteiger partial charge in [0.25, 0.3) is 0 Å². The van der Waals surface area contributed by atoms with Crippen LogP contribution in [0.5, 0.6) is 0 Å². The van der Waals surface area contributed by atoms with Crippen LogP contribution in [0.3, 0.4) is 0 Å². The van der Waals surface area contributed by atoms with Gasteiger partial charge in [0, 0.05) is 5.70 Å². The third kappa shape index (κ3) is 8.21. The highest BCUT2D eigenvalue weighted by atomic mass is 14.7. The lowest BCUT2D eigenvalue weighted by atomic mass is 10.1. The molecule has 0 N–H and O–H groups in total. The van der Waals surface area contributed by atoms with Crippen LogP contribution in [0.4, 0.5) is 0 Å². The molecule has 94 valence electrons. The molecule has 0 heterocycles. The van der Waals surface area contributed by atoms with Gasteiger partial charge in [-0.2, -0.15) is 0 Å². The number of allylic oxidation sites excluding steroid dienone is 8. The molecule has 0 aliphatic rings. The van der Waals surface area contributed by atoms with E-state index in [1.54, 1.807) is 12.2 Å². The molecule has 0 atom stereocenters. The van der Waals surface area contributed by atoms with Gasteiger partial charge in [0.05, 0.1) is 5.71 Å². The fourth-order valence-corrected chi connectivity index (χ4v) is 0.982. The van der Waals surface area contributed by atoms with Crippen molar-refractivity contribution in [2.24, 2.45) is 4.99 Å². The van der Waals surface area contributed by atoms with Crippen LogP contribution < -0.4 is 0 Å². The van der Waals surface area contributed by atoms with Gasteiger partial charge in [0.2, 0.25) is 0 Å². The molecule has 0 aromatic heterocycles. The summed E-state index contributed by atoms with van der Waals surface area (Å²) in [5, 5.41) is 0. The lowest BCUT2D eigenvalue weighted by Crippen LogP contribution is -1.96. The largest absolute Gasteiger partial charge is 0.254 e. The van der Waals surface area contributed by atoms with Crippen LogP contribution >= 0.6 is 0 Å². The third-order valence-corrected chi connectivity index (χ3v) is 1.93. The molecule has 0 saturated heterocycles. The Hall–Kier alpha value is -1.63. The van der Waals surface area contributed by atoms with E-state index in [-0.39, 0.29) is 0 Å².